The Labute approximate surface area is 114 Å². The second kappa shape index (κ2) is 4.98. The van der Waals surface area contributed by atoms with E-state index in [0.717, 1.165) is 28.9 Å². The Morgan fingerprint density at radius 3 is 3.06 bits per heavy atom. The maximum absolute atomic E-state index is 5.65. The van der Waals surface area contributed by atoms with Crippen LogP contribution in [-0.4, -0.2) is 11.6 Å². The quantitative estimate of drug-likeness (QED) is 0.917. The second-order valence-corrected chi connectivity index (χ2v) is 5.18. The molecule has 0 saturated carbocycles. The molecule has 92 valence electrons. The molecule has 0 spiro atoms. The maximum Gasteiger partial charge on any atom is 0.124 e. The molecule has 18 heavy (non-hydrogen) atoms. The van der Waals surface area contributed by atoms with Crippen molar-refractivity contribution < 1.29 is 4.74 Å². The molecular weight excluding hydrogens is 292 g/mol. The summed E-state index contributed by atoms with van der Waals surface area (Å²) in [7, 11) is 0. The van der Waals surface area contributed by atoms with Crippen molar-refractivity contribution in [1.82, 2.24) is 4.98 Å². The first-order valence-electron chi connectivity index (χ1n) is 5.92. The number of hydrogen-bond acceptors (Lipinski definition) is 3. The van der Waals surface area contributed by atoms with E-state index >= 15 is 0 Å². The Morgan fingerprint density at radius 1 is 1.28 bits per heavy atom. The Balaban J connectivity index is 1.86. The van der Waals surface area contributed by atoms with E-state index in [-0.39, 0.29) is 6.04 Å². The summed E-state index contributed by atoms with van der Waals surface area (Å²) in [6.45, 7) is 0.746. The number of pyridine rings is 1. The van der Waals surface area contributed by atoms with E-state index in [0.29, 0.717) is 0 Å². The van der Waals surface area contributed by atoms with Gasteiger partial charge >= 0.3 is 0 Å². The summed E-state index contributed by atoms with van der Waals surface area (Å²) in [4.78, 5) is 4.17. The van der Waals surface area contributed by atoms with Crippen molar-refractivity contribution in [1.29, 1.82) is 0 Å². The summed E-state index contributed by atoms with van der Waals surface area (Å²) in [6.07, 6.45) is 4.58. The van der Waals surface area contributed by atoms with Gasteiger partial charge in [-0.25, -0.2) is 0 Å². The predicted molar refractivity (Wildman–Crippen MR) is 74.9 cm³/mol. The number of anilines is 1. The monoisotopic (exact) mass is 304 g/mol. The molecule has 1 N–H and O–H groups in total. The van der Waals surface area contributed by atoms with E-state index in [4.69, 9.17) is 4.74 Å². The molecule has 0 radical (unpaired) electrons. The minimum absolute atomic E-state index is 0.283. The summed E-state index contributed by atoms with van der Waals surface area (Å²) in [5, 5.41) is 3.51. The van der Waals surface area contributed by atoms with Crippen molar-refractivity contribution >= 4 is 21.6 Å². The summed E-state index contributed by atoms with van der Waals surface area (Å²) in [5.41, 5.74) is 2.23. The molecule has 1 unspecified atom stereocenters. The molecule has 1 aromatic heterocycles. The lowest BCUT2D eigenvalue weighted by Gasteiger charge is -2.27. The number of para-hydroxylation sites is 1. The normalized spacial score (nSPS) is 17.7. The molecule has 4 heteroatoms. The van der Waals surface area contributed by atoms with E-state index in [1.807, 2.05) is 30.5 Å². The van der Waals surface area contributed by atoms with Crippen LogP contribution in [0.15, 0.2) is 47.2 Å². The fourth-order valence-electron chi connectivity index (χ4n) is 2.18. The highest BCUT2D eigenvalue weighted by Gasteiger charge is 2.20. The topological polar surface area (TPSA) is 34.2 Å². The molecule has 0 fully saturated rings. The van der Waals surface area contributed by atoms with Crippen LogP contribution in [0.25, 0.3) is 0 Å². The number of fused-ring (bicyclic) bond motifs is 1. The second-order valence-electron chi connectivity index (χ2n) is 4.26. The van der Waals surface area contributed by atoms with Gasteiger partial charge in [-0.15, -0.1) is 0 Å². The number of hydrogen-bond donors (Lipinski definition) is 1. The molecule has 1 aliphatic rings. The van der Waals surface area contributed by atoms with Crippen LogP contribution in [-0.2, 0) is 0 Å². The summed E-state index contributed by atoms with van der Waals surface area (Å²) in [6, 6.07) is 10.5. The average Bonchev–Trinajstić information content (AvgIpc) is 2.39. The Kier molecular flexibility index (Phi) is 3.19. The zero-order chi connectivity index (χ0) is 12.4. The first-order valence-corrected chi connectivity index (χ1v) is 6.71. The molecule has 0 bridgehead atoms. The number of rotatable bonds is 2. The molecule has 0 amide bonds. The highest BCUT2D eigenvalue weighted by atomic mass is 79.9. The van der Waals surface area contributed by atoms with Crippen molar-refractivity contribution in [3.05, 3.63) is 52.8 Å². The van der Waals surface area contributed by atoms with Gasteiger partial charge in [0.05, 0.1) is 24.5 Å². The van der Waals surface area contributed by atoms with Crippen LogP contribution in [0.5, 0.6) is 5.75 Å². The molecule has 3 nitrogen and oxygen atoms in total. The van der Waals surface area contributed by atoms with E-state index in [1.165, 1.54) is 5.56 Å². The van der Waals surface area contributed by atoms with Crippen LogP contribution in [0.3, 0.4) is 0 Å². The molecule has 0 aliphatic carbocycles. The zero-order valence-corrected chi connectivity index (χ0v) is 11.4. The van der Waals surface area contributed by atoms with Gasteiger partial charge in [-0.05, 0) is 28.1 Å². The van der Waals surface area contributed by atoms with E-state index in [9.17, 15) is 0 Å². The minimum Gasteiger partial charge on any atom is -0.493 e. The van der Waals surface area contributed by atoms with Crippen LogP contribution in [0.4, 0.5) is 5.69 Å². The zero-order valence-electron chi connectivity index (χ0n) is 9.77. The fraction of sp³-hybridized carbons (Fsp3) is 0.214. The third-order valence-electron chi connectivity index (χ3n) is 3.00. The number of nitrogens with zero attached hydrogens (tertiary/aromatic N) is 1. The van der Waals surface area contributed by atoms with Crippen molar-refractivity contribution in [2.24, 2.45) is 0 Å². The largest absolute Gasteiger partial charge is 0.493 e. The van der Waals surface area contributed by atoms with Crippen molar-refractivity contribution in [3.8, 4) is 5.75 Å². The Bertz CT molecular complexity index is 559. The lowest BCUT2D eigenvalue weighted by atomic mass is 10.0. The Hall–Kier alpha value is -1.55. The Morgan fingerprint density at radius 2 is 2.17 bits per heavy atom. The third kappa shape index (κ3) is 2.34. The number of aromatic nitrogens is 1. The molecule has 2 aromatic rings. The molecule has 1 atom stereocenters. The average molecular weight is 305 g/mol. The van der Waals surface area contributed by atoms with E-state index in [1.54, 1.807) is 6.20 Å². The first kappa shape index (κ1) is 11.5. The molecular formula is C14H13BrN2O. The third-order valence-corrected chi connectivity index (χ3v) is 3.44. The van der Waals surface area contributed by atoms with Crippen LogP contribution in [0, 0.1) is 0 Å². The number of ether oxygens (including phenoxy) is 1. The van der Waals surface area contributed by atoms with E-state index in [2.05, 4.69) is 32.3 Å². The summed E-state index contributed by atoms with van der Waals surface area (Å²) >= 11 is 3.43. The summed E-state index contributed by atoms with van der Waals surface area (Å²) < 4.78 is 6.63. The van der Waals surface area contributed by atoms with Gasteiger partial charge in [-0.1, -0.05) is 18.2 Å². The predicted octanol–water partition coefficient (Wildman–Crippen LogP) is 3.78. The van der Waals surface area contributed by atoms with Gasteiger partial charge in [0.15, 0.2) is 0 Å². The standard InChI is InChI=1S/C14H13BrN2O/c15-10-7-11(9-16-8-10)17-13-5-6-18-14-4-2-1-3-12(13)14/h1-4,7-9,13,17H,5-6H2. The van der Waals surface area contributed by atoms with E-state index < -0.39 is 0 Å². The van der Waals surface area contributed by atoms with Crippen molar-refractivity contribution in [3.63, 3.8) is 0 Å². The van der Waals surface area contributed by atoms with Crippen molar-refractivity contribution in [2.75, 3.05) is 11.9 Å². The van der Waals surface area contributed by atoms with Gasteiger partial charge in [-0.3, -0.25) is 4.98 Å². The lowest BCUT2D eigenvalue weighted by Crippen LogP contribution is -2.20. The number of benzene rings is 1. The van der Waals surface area contributed by atoms with Crippen LogP contribution < -0.4 is 10.1 Å². The smallest absolute Gasteiger partial charge is 0.124 e. The number of halogens is 1. The SMILES string of the molecule is Brc1cncc(NC2CCOc3ccccc32)c1. The van der Waals surface area contributed by atoms with Gasteiger partial charge in [0.1, 0.15) is 5.75 Å². The molecule has 3 rings (SSSR count). The summed E-state index contributed by atoms with van der Waals surface area (Å²) in [5.74, 6) is 0.976. The number of nitrogens with one attached hydrogen (secondary N) is 1. The lowest BCUT2D eigenvalue weighted by molar-refractivity contribution is 0.274. The van der Waals surface area contributed by atoms with Gasteiger partial charge in [-0.2, -0.15) is 0 Å². The van der Waals surface area contributed by atoms with Gasteiger partial charge in [0.2, 0.25) is 0 Å². The van der Waals surface area contributed by atoms with Crippen LogP contribution >= 0.6 is 15.9 Å². The molecule has 1 aromatic carbocycles. The van der Waals surface area contributed by atoms with Crippen molar-refractivity contribution in [2.45, 2.75) is 12.5 Å². The highest BCUT2D eigenvalue weighted by molar-refractivity contribution is 9.10. The molecule has 2 heterocycles. The molecule has 1 aliphatic heterocycles. The van der Waals surface area contributed by atoms with Gasteiger partial charge < -0.3 is 10.1 Å². The fourth-order valence-corrected chi connectivity index (χ4v) is 2.55. The molecule has 0 saturated heterocycles. The van der Waals surface area contributed by atoms with Gasteiger partial charge in [0, 0.05) is 22.7 Å². The van der Waals surface area contributed by atoms with Crippen LogP contribution in [0.1, 0.15) is 18.0 Å². The maximum atomic E-state index is 5.65. The minimum atomic E-state index is 0.283. The van der Waals surface area contributed by atoms with Crippen LogP contribution in [0.2, 0.25) is 0 Å². The van der Waals surface area contributed by atoms with Gasteiger partial charge in [0.25, 0.3) is 0 Å². The first-order chi connectivity index (χ1) is 8.83. The highest BCUT2D eigenvalue weighted by Crippen LogP contribution is 2.34.